The lowest BCUT2D eigenvalue weighted by Gasteiger charge is -2.35. The lowest BCUT2D eigenvalue weighted by atomic mass is 9.88. The summed E-state index contributed by atoms with van der Waals surface area (Å²) in [4.78, 5) is 6.37. The largest absolute Gasteiger partial charge is 0.477 e. The average Bonchev–Trinajstić information content (AvgIpc) is 2.76. The van der Waals surface area contributed by atoms with Gasteiger partial charge in [-0.1, -0.05) is 20.8 Å². The SMILES string of the molecule is CC(C)(C)COc1cc2c(cn1)Oc1ccc(N3CCC(F)(F)CC3)cc1C2COCC(=N)N. The third kappa shape index (κ3) is 5.75. The van der Waals surface area contributed by atoms with Gasteiger partial charge in [-0.15, -0.1) is 0 Å². The number of aromatic nitrogens is 1. The third-order valence-electron chi connectivity index (χ3n) is 5.89. The standard InChI is InChI=1S/C25H32F2N4O3/c1-24(2,3)15-33-23-11-18-19(13-32-14-22(28)29)17-10-16(31-8-6-25(26,27)7-9-31)4-5-20(17)34-21(18)12-30-23/h4-5,10-12,19H,6-9,13-15H2,1-3H3,(H3,28,29). The smallest absolute Gasteiger partial charge is 0.251 e. The molecule has 2 aliphatic heterocycles. The first-order valence-corrected chi connectivity index (χ1v) is 11.5. The molecule has 3 N–H and O–H groups in total. The molecule has 34 heavy (non-hydrogen) atoms. The number of hydrogen-bond donors (Lipinski definition) is 2. The molecule has 1 atom stereocenters. The third-order valence-corrected chi connectivity index (χ3v) is 5.89. The molecule has 3 heterocycles. The van der Waals surface area contributed by atoms with Crippen LogP contribution in [0.3, 0.4) is 0 Å². The molecule has 0 bridgehead atoms. The van der Waals surface area contributed by atoms with E-state index in [0.717, 1.165) is 16.8 Å². The molecule has 1 saturated heterocycles. The van der Waals surface area contributed by atoms with E-state index in [2.05, 4.69) is 25.8 Å². The van der Waals surface area contributed by atoms with Crippen LogP contribution >= 0.6 is 0 Å². The molecule has 2 aliphatic rings. The number of alkyl halides is 2. The van der Waals surface area contributed by atoms with Crippen LogP contribution < -0.4 is 20.1 Å². The first-order valence-electron chi connectivity index (χ1n) is 11.5. The summed E-state index contributed by atoms with van der Waals surface area (Å²) in [6.45, 7) is 7.64. The van der Waals surface area contributed by atoms with Crippen LogP contribution in [0.2, 0.25) is 0 Å². The first-order chi connectivity index (χ1) is 16.0. The molecule has 2 aromatic rings. The Hall–Kier alpha value is -2.94. The number of amidine groups is 1. The van der Waals surface area contributed by atoms with Crippen LogP contribution in [0, 0.1) is 10.8 Å². The molecule has 4 rings (SSSR count). The van der Waals surface area contributed by atoms with Crippen molar-refractivity contribution in [1.29, 1.82) is 5.41 Å². The molecular weight excluding hydrogens is 442 g/mol. The molecule has 1 fully saturated rings. The number of anilines is 1. The van der Waals surface area contributed by atoms with Crippen molar-refractivity contribution in [3.8, 4) is 17.4 Å². The van der Waals surface area contributed by atoms with E-state index in [1.807, 2.05) is 29.2 Å². The fourth-order valence-corrected chi connectivity index (χ4v) is 4.11. The van der Waals surface area contributed by atoms with E-state index < -0.39 is 5.92 Å². The molecule has 0 saturated carbocycles. The second-order valence-corrected chi connectivity index (χ2v) is 10.2. The van der Waals surface area contributed by atoms with Crippen molar-refractivity contribution in [2.75, 3.05) is 37.8 Å². The molecule has 0 aliphatic carbocycles. The maximum Gasteiger partial charge on any atom is 0.251 e. The van der Waals surface area contributed by atoms with E-state index in [1.54, 1.807) is 6.20 Å². The number of nitrogens with one attached hydrogen (secondary N) is 1. The molecule has 0 spiro atoms. The molecule has 1 unspecified atom stereocenters. The molecule has 9 heteroatoms. The molecule has 1 aromatic heterocycles. The van der Waals surface area contributed by atoms with Gasteiger partial charge >= 0.3 is 0 Å². The fourth-order valence-electron chi connectivity index (χ4n) is 4.11. The van der Waals surface area contributed by atoms with E-state index in [0.29, 0.717) is 37.1 Å². The van der Waals surface area contributed by atoms with E-state index in [9.17, 15) is 8.78 Å². The van der Waals surface area contributed by atoms with Crippen LogP contribution in [0.15, 0.2) is 30.5 Å². The number of pyridine rings is 1. The van der Waals surface area contributed by atoms with Crippen LogP contribution in [0.4, 0.5) is 14.5 Å². The van der Waals surface area contributed by atoms with Gasteiger partial charge in [0, 0.05) is 54.7 Å². The number of ether oxygens (including phenoxy) is 3. The quantitative estimate of drug-likeness (QED) is 0.437. The predicted molar refractivity (Wildman–Crippen MR) is 127 cm³/mol. The van der Waals surface area contributed by atoms with Gasteiger partial charge in [0.1, 0.15) is 23.9 Å². The number of halogens is 2. The van der Waals surface area contributed by atoms with E-state index in [4.69, 9.17) is 25.4 Å². The summed E-state index contributed by atoms with van der Waals surface area (Å²) in [6.07, 6.45) is 1.33. The van der Waals surface area contributed by atoms with Crippen molar-refractivity contribution < 1.29 is 23.0 Å². The Morgan fingerprint density at radius 3 is 2.59 bits per heavy atom. The Morgan fingerprint density at radius 1 is 1.21 bits per heavy atom. The second kappa shape index (κ2) is 9.37. The molecular formula is C25H32F2N4O3. The highest BCUT2D eigenvalue weighted by Crippen LogP contribution is 2.46. The normalized spacial score (nSPS) is 19.1. The maximum atomic E-state index is 13.7. The Kier molecular flexibility index (Phi) is 6.66. The minimum absolute atomic E-state index is 0.0153. The first kappa shape index (κ1) is 24.2. The van der Waals surface area contributed by atoms with Crippen molar-refractivity contribution in [1.82, 2.24) is 4.98 Å². The number of piperidine rings is 1. The lowest BCUT2D eigenvalue weighted by molar-refractivity contribution is -0.0220. The van der Waals surface area contributed by atoms with Gasteiger partial charge in [-0.3, -0.25) is 5.41 Å². The number of nitrogens with zero attached hydrogens (tertiary/aromatic N) is 2. The molecule has 184 valence electrons. The van der Waals surface area contributed by atoms with Crippen LogP contribution in [-0.2, 0) is 4.74 Å². The Balaban J connectivity index is 1.64. The molecule has 0 amide bonds. The van der Waals surface area contributed by atoms with Crippen LogP contribution in [-0.4, -0.2) is 49.7 Å². The van der Waals surface area contributed by atoms with Gasteiger partial charge in [0.2, 0.25) is 5.88 Å². The highest BCUT2D eigenvalue weighted by Gasteiger charge is 2.35. The van der Waals surface area contributed by atoms with Crippen molar-refractivity contribution in [3.05, 3.63) is 41.6 Å². The maximum absolute atomic E-state index is 13.7. The summed E-state index contributed by atoms with van der Waals surface area (Å²) in [5.74, 6) is -1.11. The van der Waals surface area contributed by atoms with Gasteiger partial charge in [-0.2, -0.15) is 0 Å². The van der Waals surface area contributed by atoms with Crippen LogP contribution in [0.5, 0.6) is 17.4 Å². The molecule has 1 aromatic carbocycles. The van der Waals surface area contributed by atoms with Crippen molar-refractivity contribution >= 4 is 11.5 Å². The Bertz CT molecular complexity index is 1040. The van der Waals surface area contributed by atoms with E-state index in [-0.39, 0.29) is 43.2 Å². The van der Waals surface area contributed by atoms with Gasteiger partial charge in [-0.05, 0) is 23.6 Å². The monoisotopic (exact) mass is 474 g/mol. The molecule has 0 radical (unpaired) electrons. The summed E-state index contributed by atoms with van der Waals surface area (Å²) >= 11 is 0. The summed E-state index contributed by atoms with van der Waals surface area (Å²) in [7, 11) is 0. The number of nitrogens with two attached hydrogens (primary N) is 1. The number of benzene rings is 1. The number of rotatable bonds is 7. The van der Waals surface area contributed by atoms with Crippen LogP contribution in [0.25, 0.3) is 0 Å². The topological polar surface area (TPSA) is 93.7 Å². The summed E-state index contributed by atoms with van der Waals surface area (Å²) in [5, 5.41) is 7.48. The average molecular weight is 475 g/mol. The van der Waals surface area contributed by atoms with Crippen molar-refractivity contribution in [2.45, 2.75) is 45.5 Å². The van der Waals surface area contributed by atoms with Gasteiger partial charge < -0.3 is 24.8 Å². The summed E-state index contributed by atoms with van der Waals surface area (Å²) in [5.41, 5.74) is 8.08. The summed E-state index contributed by atoms with van der Waals surface area (Å²) in [6, 6.07) is 7.61. The zero-order chi connectivity index (χ0) is 24.5. The Morgan fingerprint density at radius 2 is 1.91 bits per heavy atom. The predicted octanol–water partition coefficient (Wildman–Crippen LogP) is 4.93. The van der Waals surface area contributed by atoms with Crippen LogP contribution in [0.1, 0.15) is 50.7 Å². The highest BCUT2D eigenvalue weighted by atomic mass is 19.3. The minimum atomic E-state index is -2.60. The van der Waals surface area contributed by atoms with Crippen molar-refractivity contribution in [2.24, 2.45) is 11.1 Å². The Labute approximate surface area is 198 Å². The molecule has 7 nitrogen and oxygen atoms in total. The van der Waals surface area contributed by atoms with Gasteiger partial charge in [0.05, 0.1) is 19.4 Å². The zero-order valence-electron chi connectivity index (χ0n) is 19.9. The highest BCUT2D eigenvalue weighted by molar-refractivity contribution is 5.78. The number of hydrogen-bond acceptors (Lipinski definition) is 6. The van der Waals surface area contributed by atoms with E-state index >= 15 is 0 Å². The van der Waals surface area contributed by atoms with Gasteiger partial charge in [0.15, 0.2) is 0 Å². The second-order valence-electron chi connectivity index (χ2n) is 10.2. The van der Waals surface area contributed by atoms with Gasteiger partial charge in [0.25, 0.3) is 5.92 Å². The number of fused-ring (bicyclic) bond motifs is 2. The summed E-state index contributed by atoms with van der Waals surface area (Å²) < 4.78 is 45.1. The van der Waals surface area contributed by atoms with Crippen molar-refractivity contribution in [3.63, 3.8) is 0 Å². The lowest BCUT2D eigenvalue weighted by Crippen LogP contribution is -2.39. The fraction of sp³-hybridized carbons (Fsp3) is 0.520. The van der Waals surface area contributed by atoms with E-state index in [1.165, 1.54) is 0 Å². The zero-order valence-corrected chi connectivity index (χ0v) is 19.9. The minimum Gasteiger partial charge on any atom is -0.477 e. The van der Waals surface area contributed by atoms with Gasteiger partial charge in [-0.25, -0.2) is 13.8 Å².